The summed E-state index contributed by atoms with van der Waals surface area (Å²) >= 11 is 0. The SMILES string of the molecule is C=C[C@]1(C)CCC2=C([C@@H](OC(C)=O)CC3[C@@]2(C)[C@H](OC(C)=O)CC[C@]3(C)C(=O)OC)[C@@H]1OC(C)=O. The Labute approximate surface area is 207 Å². The summed E-state index contributed by atoms with van der Waals surface area (Å²) in [4.78, 5) is 49.7. The van der Waals surface area contributed by atoms with E-state index in [9.17, 15) is 19.2 Å². The van der Waals surface area contributed by atoms with Crippen molar-refractivity contribution >= 4 is 23.9 Å². The number of rotatable bonds is 5. The molecule has 0 bridgehead atoms. The Bertz CT molecular complexity index is 966. The molecule has 3 aliphatic carbocycles. The maximum atomic E-state index is 13.1. The lowest BCUT2D eigenvalue weighted by Gasteiger charge is -2.60. The summed E-state index contributed by atoms with van der Waals surface area (Å²) in [5.41, 5.74) is -0.572. The first-order chi connectivity index (χ1) is 16.2. The Morgan fingerprint density at radius 2 is 1.54 bits per heavy atom. The normalized spacial score (nSPS) is 38.4. The van der Waals surface area contributed by atoms with E-state index < -0.39 is 52.5 Å². The molecule has 194 valence electrons. The van der Waals surface area contributed by atoms with Gasteiger partial charge in [0.1, 0.15) is 18.3 Å². The van der Waals surface area contributed by atoms with Gasteiger partial charge in [-0.3, -0.25) is 19.2 Å². The molecule has 0 aromatic heterocycles. The van der Waals surface area contributed by atoms with Crippen molar-refractivity contribution in [1.29, 1.82) is 0 Å². The third-order valence-electron chi connectivity index (χ3n) is 8.70. The van der Waals surface area contributed by atoms with Crippen LogP contribution in [0.4, 0.5) is 0 Å². The Balaban J connectivity index is 2.33. The third kappa shape index (κ3) is 4.40. The fourth-order valence-corrected chi connectivity index (χ4v) is 6.91. The summed E-state index contributed by atoms with van der Waals surface area (Å²) in [5.74, 6) is -2.00. The molecule has 0 spiro atoms. The number of methoxy groups -OCH3 is 1. The Morgan fingerprint density at radius 1 is 0.943 bits per heavy atom. The number of ether oxygens (including phenoxy) is 4. The summed E-state index contributed by atoms with van der Waals surface area (Å²) in [6.07, 6.45) is 2.36. The van der Waals surface area contributed by atoms with E-state index in [-0.39, 0.29) is 11.9 Å². The van der Waals surface area contributed by atoms with Crippen molar-refractivity contribution in [3.8, 4) is 0 Å². The van der Waals surface area contributed by atoms with Gasteiger partial charge in [-0.25, -0.2) is 0 Å². The van der Waals surface area contributed by atoms with Crippen LogP contribution in [0.5, 0.6) is 0 Å². The van der Waals surface area contributed by atoms with Gasteiger partial charge in [0.2, 0.25) is 0 Å². The Hall–Kier alpha value is -2.64. The largest absolute Gasteiger partial charge is 0.469 e. The minimum Gasteiger partial charge on any atom is -0.469 e. The maximum absolute atomic E-state index is 13.1. The quantitative estimate of drug-likeness (QED) is 0.323. The highest BCUT2D eigenvalue weighted by Crippen LogP contribution is 2.64. The summed E-state index contributed by atoms with van der Waals surface area (Å²) < 4.78 is 22.8. The first kappa shape index (κ1) is 27.0. The molecule has 0 saturated heterocycles. The molecule has 8 nitrogen and oxygen atoms in total. The lowest BCUT2D eigenvalue weighted by atomic mass is 9.45. The van der Waals surface area contributed by atoms with Gasteiger partial charge in [0.05, 0.1) is 12.5 Å². The van der Waals surface area contributed by atoms with Crippen LogP contribution < -0.4 is 0 Å². The predicted octanol–water partition coefficient (Wildman–Crippen LogP) is 4.06. The second kappa shape index (κ2) is 9.43. The average Bonchev–Trinajstić information content (AvgIpc) is 2.77. The highest BCUT2D eigenvalue weighted by atomic mass is 16.6. The van der Waals surface area contributed by atoms with E-state index in [1.54, 1.807) is 6.08 Å². The zero-order valence-corrected chi connectivity index (χ0v) is 21.9. The van der Waals surface area contributed by atoms with Crippen molar-refractivity contribution in [3.05, 3.63) is 23.8 Å². The fourth-order valence-electron chi connectivity index (χ4n) is 6.91. The fraction of sp³-hybridized carbons (Fsp3) is 0.704. The van der Waals surface area contributed by atoms with E-state index >= 15 is 0 Å². The minimum absolute atomic E-state index is 0.309. The molecular formula is C27H38O8. The summed E-state index contributed by atoms with van der Waals surface area (Å²) in [6.45, 7) is 13.9. The number of hydrogen-bond donors (Lipinski definition) is 0. The van der Waals surface area contributed by atoms with Gasteiger partial charge in [0, 0.05) is 37.2 Å². The first-order valence-electron chi connectivity index (χ1n) is 12.2. The molecule has 0 aromatic carbocycles. The molecule has 3 rings (SSSR count). The number of fused-ring (bicyclic) bond motifs is 2. The molecule has 0 heterocycles. The van der Waals surface area contributed by atoms with E-state index in [1.165, 1.54) is 27.9 Å². The highest BCUT2D eigenvalue weighted by molar-refractivity contribution is 5.78. The topological polar surface area (TPSA) is 105 Å². The predicted molar refractivity (Wildman–Crippen MR) is 127 cm³/mol. The average molecular weight is 491 g/mol. The van der Waals surface area contributed by atoms with Crippen LogP contribution in [0.1, 0.15) is 73.6 Å². The van der Waals surface area contributed by atoms with Gasteiger partial charge in [-0.1, -0.05) is 25.5 Å². The van der Waals surface area contributed by atoms with Crippen LogP contribution in [-0.4, -0.2) is 49.3 Å². The molecule has 35 heavy (non-hydrogen) atoms. The molecule has 1 unspecified atom stereocenters. The monoisotopic (exact) mass is 490 g/mol. The van der Waals surface area contributed by atoms with Gasteiger partial charge in [0.15, 0.2) is 0 Å². The van der Waals surface area contributed by atoms with Crippen molar-refractivity contribution in [2.45, 2.75) is 92.0 Å². The van der Waals surface area contributed by atoms with E-state index in [0.717, 1.165) is 5.57 Å². The molecule has 0 amide bonds. The van der Waals surface area contributed by atoms with E-state index in [2.05, 4.69) is 6.58 Å². The van der Waals surface area contributed by atoms with E-state index in [0.29, 0.717) is 37.7 Å². The summed E-state index contributed by atoms with van der Waals surface area (Å²) in [5, 5.41) is 0. The second-order valence-electron chi connectivity index (χ2n) is 10.8. The van der Waals surface area contributed by atoms with Crippen molar-refractivity contribution in [2.75, 3.05) is 7.11 Å². The molecular weight excluding hydrogens is 452 g/mol. The van der Waals surface area contributed by atoms with Gasteiger partial charge in [-0.05, 0) is 44.9 Å². The van der Waals surface area contributed by atoms with Crippen molar-refractivity contribution in [2.24, 2.45) is 22.2 Å². The first-order valence-corrected chi connectivity index (χ1v) is 12.2. The van der Waals surface area contributed by atoms with Crippen LogP contribution in [0.15, 0.2) is 23.8 Å². The van der Waals surface area contributed by atoms with Gasteiger partial charge in [-0.2, -0.15) is 0 Å². The molecule has 0 aromatic rings. The number of hydrogen-bond acceptors (Lipinski definition) is 8. The Kier molecular flexibility index (Phi) is 7.26. The van der Waals surface area contributed by atoms with Gasteiger partial charge < -0.3 is 18.9 Å². The molecule has 0 aliphatic heterocycles. The highest BCUT2D eigenvalue weighted by Gasteiger charge is 2.65. The molecule has 8 heteroatoms. The third-order valence-corrected chi connectivity index (χ3v) is 8.70. The van der Waals surface area contributed by atoms with Gasteiger partial charge >= 0.3 is 23.9 Å². The number of carbonyl (C=O) groups excluding carboxylic acids is 4. The molecule has 3 aliphatic rings. The number of carbonyl (C=O) groups is 4. The van der Waals surface area contributed by atoms with Crippen LogP contribution >= 0.6 is 0 Å². The number of esters is 4. The van der Waals surface area contributed by atoms with Crippen LogP contribution in [-0.2, 0) is 38.1 Å². The standard InChI is InChI=1S/C27H38O8/c1-9-25(5)12-10-18-22(23(25)35-17(4)30)19(33-15(2)28)14-20-26(6,24(31)32-8)13-11-21(27(18,20)7)34-16(3)29/h9,19-21,23H,1,10-14H2,2-8H3/t19-,20?,21+,23-,25+,26-,27-/m0/s1. The summed E-state index contributed by atoms with van der Waals surface area (Å²) in [6, 6.07) is 0. The van der Waals surface area contributed by atoms with E-state index in [1.807, 2.05) is 20.8 Å². The lowest BCUT2D eigenvalue weighted by Crippen LogP contribution is -2.62. The van der Waals surface area contributed by atoms with Crippen LogP contribution in [0, 0.1) is 22.2 Å². The van der Waals surface area contributed by atoms with Gasteiger partial charge in [-0.15, -0.1) is 6.58 Å². The van der Waals surface area contributed by atoms with Crippen molar-refractivity contribution < 1.29 is 38.1 Å². The second-order valence-corrected chi connectivity index (χ2v) is 10.8. The molecule has 0 N–H and O–H groups in total. The van der Waals surface area contributed by atoms with Crippen molar-refractivity contribution in [3.63, 3.8) is 0 Å². The van der Waals surface area contributed by atoms with Crippen LogP contribution in [0.3, 0.4) is 0 Å². The molecule has 7 atom stereocenters. The molecule has 1 saturated carbocycles. The maximum Gasteiger partial charge on any atom is 0.311 e. The lowest BCUT2D eigenvalue weighted by molar-refractivity contribution is -0.186. The van der Waals surface area contributed by atoms with Crippen LogP contribution in [0.2, 0.25) is 0 Å². The smallest absolute Gasteiger partial charge is 0.311 e. The zero-order chi connectivity index (χ0) is 26.3. The summed E-state index contributed by atoms with van der Waals surface area (Å²) in [7, 11) is 1.37. The minimum atomic E-state index is -0.882. The van der Waals surface area contributed by atoms with E-state index in [4.69, 9.17) is 18.9 Å². The Morgan fingerprint density at radius 3 is 2.06 bits per heavy atom. The van der Waals surface area contributed by atoms with Gasteiger partial charge in [0.25, 0.3) is 0 Å². The molecule has 0 radical (unpaired) electrons. The van der Waals surface area contributed by atoms with Crippen molar-refractivity contribution in [1.82, 2.24) is 0 Å². The zero-order valence-electron chi connectivity index (χ0n) is 21.9. The van der Waals surface area contributed by atoms with Crippen LogP contribution in [0.25, 0.3) is 0 Å². The molecule has 1 fully saturated rings.